The molecule has 2 rings (SSSR count). The third kappa shape index (κ3) is 11.4. The Morgan fingerprint density at radius 3 is 2.30 bits per heavy atom. The van der Waals surface area contributed by atoms with Crippen LogP contribution in [0, 0.1) is 20.8 Å². The second-order valence-corrected chi connectivity index (χ2v) is 7.00. The first-order chi connectivity index (χ1) is 12.7. The average Bonchev–Trinajstić information content (AvgIpc) is 2.61. The van der Waals surface area contributed by atoms with Gasteiger partial charge >= 0.3 is 0 Å². The molecule has 0 unspecified atom stereocenters. The summed E-state index contributed by atoms with van der Waals surface area (Å²) in [5.41, 5.74) is 5.21. The molecule has 0 spiro atoms. The van der Waals surface area contributed by atoms with Gasteiger partial charge in [0.25, 0.3) is 0 Å². The molecule has 0 aliphatic carbocycles. The molecule has 0 fully saturated rings. The molecule has 0 bridgehead atoms. The quantitative estimate of drug-likeness (QED) is 0.500. The van der Waals surface area contributed by atoms with Gasteiger partial charge in [-0.15, -0.1) is 0 Å². The van der Waals surface area contributed by atoms with Gasteiger partial charge < -0.3 is 4.74 Å². The highest BCUT2D eigenvalue weighted by Crippen LogP contribution is 2.21. The maximum Gasteiger partial charge on any atom is 0.213 e. The van der Waals surface area contributed by atoms with Crippen molar-refractivity contribution in [3.8, 4) is 5.88 Å². The Balaban J connectivity index is 0.000000408. The summed E-state index contributed by atoms with van der Waals surface area (Å²) in [5, 5.41) is 0. The zero-order chi connectivity index (χ0) is 20.8. The number of carbonyl (C=O) groups is 1. The predicted molar refractivity (Wildman–Crippen MR) is 119 cm³/mol. The third-order valence-corrected chi connectivity index (χ3v) is 4.43. The van der Waals surface area contributed by atoms with Gasteiger partial charge in [-0.3, -0.25) is 4.79 Å². The van der Waals surface area contributed by atoms with Gasteiger partial charge in [0.1, 0.15) is 0 Å². The van der Waals surface area contributed by atoms with E-state index in [4.69, 9.17) is 4.74 Å². The minimum Gasteiger partial charge on any atom is -0.478 e. The monoisotopic (exact) mass is 433 g/mol. The summed E-state index contributed by atoms with van der Waals surface area (Å²) in [5.74, 6) is 0.729. The molecule has 0 amide bonds. The zero-order valence-electron chi connectivity index (χ0n) is 17.4. The van der Waals surface area contributed by atoms with Gasteiger partial charge in [0.05, 0.1) is 6.61 Å². The summed E-state index contributed by atoms with van der Waals surface area (Å²) in [6, 6.07) is 10.2. The molecule has 0 aliphatic rings. The van der Waals surface area contributed by atoms with E-state index in [1.165, 1.54) is 47.0 Å². The van der Waals surface area contributed by atoms with Crippen molar-refractivity contribution in [2.45, 2.75) is 54.4 Å². The van der Waals surface area contributed by atoms with Gasteiger partial charge in [-0.25, -0.2) is 4.98 Å². The lowest BCUT2D eigenvalue weighted by atomic mass is 10.0. The fourth-order valence-electron chi connectivity index (χ4n) is 2.13. The molecule has 0 atom stereocenters. The summed E-state index contributed by atoms with van der Waals surface area (Å²) < 4.78 is 6.40. The third-order valence-electron chi connectivity index (χ3n) is 3.58. The Morgan fingerprint density at radius 2 is 1.81 bits per heavy atom. The maximum atomic E-state index is 9.69. The molecule has 0 N–H and O–H groups in total. The fourth-order valence-corrected chi connectivity index (χ4v) is 2.58. The minimum absolute atomic E-state index is 0.0185. The molecule has 27 heavy (non-hydrogen) atoms. The maximum absolute atomic E-state index is 9.69. The summed E-state index contributed by atoms with van der Waals surface area (Å²) >= 11 is 3.53. The number of pyridine rings is 1. The number of hydrogen-bond donors (Lipinski definition) is 0. The molecule has 3 nitrogen and oxygen atoms in total. The average molecular weight is 434 g/mol. The number of rotatable bonds is 5. The number of allylic oxidation sites excluding steroid dienone is 1. The highest BCUT2D eigenvalue weighted by molar-refractivity contribution is 9.10. The van der Waals surface area contributed by atoms with Crippen LogP contribution in [0.25, 0.3) is 0 Å². The van der Waals surface area contributed by atoms with Crippen LogP contribution in [-0.4, -0.2) is 17.4 Å². The van der Waals surface area contributed by atoms with Crippen molar-refractivity contribution < 1.29 is 9.53 Å². The van der Waals surface area contributed by atoms with Crippen LogP contribution >= 0.6 is 15.9 Å². The number of nitrogens with zero attached hydrogens (tertiary/aromatic N) is 1. The van der Waals surface area contributed by atoms with Crippen LogP contribution in [0.5, 0.6) is 5.88 Å². The highest BCUT2D eigenvalue weighted by Gasteiger charge is 2.00. The van der Waals surface area contributed by atoms with Gasteiger partial charge in [-0.05, 0) is 75.9 Å². The number of carbonyl (C=O) groups excluding carboxylic acids is 1. The predicted octanol–water partition coefficient (Wildman–Crippen LogP) is 6.57. The molecule has 4 heteroatoms. The molecule has 0 radical (unpaired) electrons. The van der Waals surface area contributed by atoms with Crippen LogP contribution < -0.4 is 4.74 Å². The molecule has 148 valence electrons. The van der Waals surface area contributed by atoms with Gasteiger partial charge in [-0.2, -0.15) is 0 Å². The Kier molecular flexibility index (Phi) is 13.1. The lowest BCUT2D eigenvalue weighted by molar-refractivity contribution is -0.112. The van der Waals surface area contributed by atoms with E-state index >= 15 is 0 Å². The molecule has 0 saturated carbocycles. The first-order valence-electron chi connectivity index (χ1n) is 9.20. The number of ketones is 1. The lowest BCUT2D eigenvalue weighted by Crippen LogP contribution is -1.94. The van der Waals surface area contributed by atoms with Gasteiger partial charge in [-0.1, -0.05) is 48.0 Å². The largest absolute Gasteiger partial charge is 0.478 e. The topological polar surface area (TPSA) is 39.2 Å². The van der Waals surface area contributed by atoms with Gasteiger partial charge in [0, 0.05) is 16.2 Å². The molecule has 2 aromatic rings. The Morgan fingerprint density at radius 1 is 1.19 bits per heavy atom. The molecular formula is C23H32BrNO2. The van der Waals surface area contributed by atoms with Crippen LogP contribution in [0.2, 0.25) is 0 Å². The number of halogens is 1. The van der Waals surface area contributed by atoms with E-state index in [-0.39, 0.29) is 5.78 Å². The van der Waals surface area contributed by atoms with E-state index in [0.717, 1.165) is 5.69 Å². The number of benzene rings is 1. The van der Waals surface area contributed by atoms with E-state index in [1.54, 1.807) is 0 Å². The van der Waals surface area contributed by atoms with E-state index in [2.05, 4.69) is 60.4 Å². The number of aryl methyl sites for hydroxylation is 4. The van der Waals surface area contributed by atoms with Gasteiger partial charge in [0.2, 0.25) is 5.88 Å². The fraction of sp³-hybridized carbons (Fsp3) is 0.391. The van der Waals surface area contributed by atoms with E-state index in [0.29, 0.717) is 12.5 Å². The number of hydrogen-bond acceptors (Lipinski definition) is 3. The van der Waals surface area contributed by atoms with Crippen LogP contribution in [0.4, 0.5) is 0 Å². The Hall–Kier alpha value is -1.94. The van der Waals surface area contributed by atoms with Crippen molar-refractivity contribution in [2.24, 2.45) is 0 Å². The summed E-state index contributed by atoms with van der Waals surface area (Å²) in [6.07, 6.45) is 3.70. The minimum atomic E-state index is 0.0185. The highest BCUT2D eigenvalue weighted by atomic mass is 79.9. The Labute approximate surface area is 173 Å². The summed E-state index contributed by atoms with van der Waals surface area (Å²) in [6.45, 7) is 15.8. The van der Waals surface area contributed by atoms with Gasteiger partial charge in [0.15, 0.2) is 5.78 Å². The van der Waals surface area contributed by atoms with E-state index in [9.17, 15) is 4.79 Å². The van der Waals surface area contributed by atoms with Crippen molar-refractivity contribution in [1.29, 1.82) is 0 Å². The molecule has 0 saturated heterocycles. The smallest absolute Gasteiger partial charge is 0.213 e. The zero-order valence-corrected chi connectivity index (χ0v) is 19.0. The standard InChI is InChI=1S/C11H15Br.C8H11NO.C4H6O/c1-4-5-10-6-9(3)11(12)7-8(10)2;1-3-10-8-6-4-5-7(2)9-8;1-3-4(2)5/h6-7H,4-5H2,1-3H3;4-6H,3H2,1-2H3;3H,1H2,2H3. The number of aromatic nitrogens is 1. The summed E-state index contributed by atoms with van der Waals surface area (Å²) in [7, 11) is 0. The first kappa shape index (κ1) is 25.1. The van der Waals surface area contributed by atoms with Crippen molar-refractivity contribution in [3.63, 3.8) is 0 Å². The van der Waals surface area contributed by atoms with Crippen LogP contribution in [0.1, 0.15) is 49.6 Å². The Bertz CT molecular complexity index is 726. The van der Waals surface area contributed by atoms with E-state index in [1.807, 2.05) is 32.0 Å². The van der Waals surface area contributed by atoms with Crippen molar-refractivity contribution in [2.75, 3.05) is 6.61 Å². The molecule has 1 aromatic carbocycles. The first-order valence-corrected chi connectivity index (χ1v) is 9.99. The van der Waals surface area contributed by atoms with Crippen LogP contribution in [0.15, 0.2) is 47.5 Å². The van der Waals surface area contributed by atoms with Crippen molar-refractivity contribution in [1.82, 2.24) is 4.98 Å². The summed E-state index contributed by atoms with van der Waals surface area (Å²) in [4.78, 5) is 13.8. The lowest BCUT2D eigenvalue weighted by Gasteiger charge is -2.07. The molecule has 1 heterocycles. The van der Waals surface area contributed by atoms with Crippen molar-refractivity contribution >= 4 is 21.7 Å². The molecular weight excluding hydrogens is 402 g/mol. The number of ether oxygens (including phenoxy) is 1. The van der Waals surface area contributed by atoms with Crippen molar-refractivity contribution in [3.05, 3.63) is 69.8 Å². The van der Waals surface area contributed by atoms with Crippen LogP contribution in [0.3, 0.4) is 0 Å². The molecule has 1 aromatic heterocycles. The second kappa shape index (κ2) is 14.2. The molecule has 0 aliphatic heterocycles. The van der Waals surface area contributed by atoms with E-state index < -0.39 is 0 Å². The SMILES string of the molecule is C=CC(C)=O.CCCc1cc(C)c(Br)cc1C.CCOc1cccc(C)n1. The normalized spacial score (nSPS) is 9.30. The second-order valence-electron chi connectivity index (χ2n) is 6.14. The van der Waals surface area contributed by atoms with Crippen LogP contribution in [-0.2, 0) is 11.2 Å².